The van der Waals surface area contributed by atoms with Gasteiger partial charge in [-0.05, 0) is 24.6 Å². The van der Waals surface area contributed by atoms with E-state index in [1.54, 1.807) is 36.4 Å². The normalized spacial score (nSPS) is 11.1. The lowest BCUT2D eigenvalue weighted by atomic mass is 10.1. The first-order chi connectivity index (χ1) is 16.3. The minimum atomic E-state index is -0.815. The van der Waals surface area contributed by atoms with Crippen molar-refractivity contribution in [1.29, 1.82) is 0 Å². The van der Waals surface area contributed by atoms with Crippen molar-refractivity contribution in [3.63, 3.8) is 0 Å². The molecule has 0 aliphatic heterocycles. The number of benzene rings is 1. The number of nitrogens with one attached hydrogen (secondary N) is 1. The Hall–Kier alpha value is -4.41. The summed E-state index contributed by atoms with van der Waals surface area (Å²) in [6.07, 6.45) is 2.88. The van der Waals surface area contributed by atoms with Gasteiger partial charge in [-0.3, -0.25) is 28.8 Å². The van der Waals surface area contributed by atoms with Gasteiger partial charge in [0.25, 0.3) is 17.0 Å². The van der Waals surface area contributed by atoms with E-state index >= 15 is 0 Å². The number of nitrogen functional groups attached to an aromatic ring is 1. The fourth-order valence-electron chi connectivity index (χ4n) is 3.77. The number of amides is 1. The van der Waals surface area contributed by atoms with E-state index in [4.69, 9.17) is 10.2 Å². The summed E-state index contributed by atoms with van der Waals surface area (Å²) in [6, 6.07) is 9.86. The summed E-state index contributed by atoms with van der Waals surface area (Å²) < 4.78 is 7.71. The van der Waals surface area contributed by atoms with E-state index in [2.05, 4.69) is 10.1 Å². The van der Waals surface area contributed by atoms with Crippen LogP contribution in [0.5, 0.6) is 0 Å². The molecule has 0 atom stereocenters. The SMILES string of the molecule is CCCCn1c(N)c(N(Cc2ccco2)C(=O)c2nn(C)c(=O)c3ccccc23)c(=O)[nH]c1=O. The summed E-state index contributed by atoms with van der Waals surface area (Å²) in [6.45, 7) is 2.08. The highest BCUT2D eigenvalue weighted by Crippen LogP contribution is 2.24. The van der Waals surface area contributed by atoms with Crippen LogP contribution in [-0.4, -0.2) is 25.2 Å². The van der Waals surface area contributed by atoms with E-state index in [1.165, 1.54) is 17.9 Å². The molecule has 3 N–H and O–H groups in total. The Kier molecular flexibility index (Phi) is 6.17. The number of aromatic amines is 1. The topological polar surface area (TPSA) is 149 Å². The van der Waals surface area contributed by atoms with Gasteiger partial charge in [0.2, 0.25) is 0 Å². The van der Waals surface area contributed by atoms with Crippen LogP contribution in [0.3, 0.4) is 0 Å². The van der Waals surface area contributed by atoms with Crippen molar-refractivity contribution in [3.8, 4) is 0 Å². The van der Waals surface area contributed by atoms with Crippen LogP contribution in [0.1, 0.15) is 36.0 Å². The Balaban J connectivity index is 1.95. The first kappa shape index (κ1) is 22.8. The molecule has 0 bridgehead atoms. The summed E-state index contributed by atoms with van der Waals surface area (Å²) in [5.41, 5.74) is 4.20. The highest BCUT2D eigenvalue weighted by atomic mass is 16.3. The van der Waals surface area contributed by atoms with E-state index in [1.807, 2.05) is 6.92 Å². The summed E-state index contributed by atoms with van der Waals surface area (Å²) in [5, 5.41) is 4.82. The molecule has 0 saturated carbocycles. The van der Waals surface area contributed by atoms with Crippen molar-refractivity contribution in [3.05, 3.63) is 85.3 Å². The maximum absolute atomic E-state index is 13.9. The van der Waals surface area contributed by atoms with Gasteiger partial charge in [-0.1, -0.05) is 31.5 Å². The zero-order valence-electron chi connectivity index (χ0n) is 18.8. The molecule has 0 saturated heterocycles. The Bertz CT molecular complexity index is 1530. The number of hydrogen-bond acceptors (Lipinski definition) is 7. The van der Waals surface area contributed by atoms with Crippen molar-refractivity contribution < 1.29 is 9.21 Å². The molecule has 4 rings (SSSR count). The molecule has 1 amide bonds. The number of carbonyl (C=O) groups excluding carboxylic acids is 1. The zero-order chi connectivity index (χ0) is 24.4. The maximum Gasteiger partial charge on any atom is 0.330 e. The van der Waals surface area contributed by atoms with Gasteiger partial charge in [0.1, 0.15) is 11.6 Å². The van der Waals surface area contributed by atoms with E-state index in [0.717, 1.165) is 16.0 Å². The number of aryl methyl sites for hydroxylation is 1. The van der Waals surface area contributed by atoms with Crippen LogP contribution in [0.15, 0.2) is 61.5 Å². The fourth-order valence-corrected chi connectivity index (χ4v) is 3.77. The van der Waals surface area contributed by atoms with Crippen LogP contribution in [0.4, 0.5) is 11.5 Å². The van der Waals surface area contributed by atoms with Gasteiger partial charge in [0.15, 0.2) is 11.4 Å². The number of furan rings is 1. The quantitative estimate of drug-likeness (QED) is 0.422. The molecule has 176 valence electrons. The molecule has 11 nitrogen and oxygen atoms in total. The van der Waals surface area contributed by atoms with Gasteiger partial charge in [-0.15, -0.1) is 0 Å². The fraction of sp³-hybridized carbons (Fsp3) is 0.261. The average Bonchev–Trinajstić information content (AvgIpc) is 3.33. The maximum atomic E-state index is 13.9. The number of anilines is 2. The molecular formula is C23H24N6O5. The second-order valence-electron chi connectivity index (χ2n) is 7.79. The molecule has 0 spiro atoms. The molecule has 0 aliphatic carbocycles. The Labute approximate surface area is 193 Å². The minimum Gasteiger partial charge on any atom is -0.467 e. The number of carbonyl (C=O) groups is 1. The molecular weight excluding hydrogens is 440 g/mol. The number of nitrogens with two attached hydrogens (primary N) is 1. The third kappa shape index (κ3) is 4.03. The van der Waals surface area contributed by atoms with Gasteiger partial charge in [0, 0.05) is 19.0 Å². The van der Waals surface area contributed by atoms with Gasteiger partial charge >= 0.3 is 5.69 Å². The predicted molar refractivity (Wildman–Crippen MR) is 127 cm³/mol. The van der Waals surface area contributed by atoms with Crippen LogP contribution < -0.4 is 27.4 Å². The van der Waals surface area contributed by atoms with E-state index in [-0.39, 0.29) is 35.8 Å². The largest absolute Gasteiger partial charge is 0.467 e. The number of unbranched alkanes of at least 4 members (excludes halogenated alkanes) is 1. The molecule has 0 fully saturated rings. The zero-order valence-corrected chi connectivity index (χ0v) is 18.8. The molecule has 3 heterocycles. The van der Waals surface area contributed by atoms with Crippen LogP contribution in [0, 0.1) is 0 Å². The first-order valence-electron chi connectivity index (χ1n) is 10.8. The molecule has 1 aromatic carbocycles. The third-order valence-corrected chi connectivity index (χ3v) is 5.52. The Morgan fingerprint density at radius 3 is 2.56 bits per heavy atom. The lowest BCUT2D eigenvalue weighted by Gasteiger charge is -2.24. The Morgan fingerprint density at radius 1 is 1.15 bits per heavy atom. The number of fused-ring (bicyclic) bond motifs is 1. The van der Waals surface area contributed by atoms with E-state index in [0.29, 0.717) is 23.0 Å². The van der Waals surface area contributed by atoms with Gasteiger partial charge in [-0.2, -0.15) is 5.10 Å². The minimum absolute atomic E-state index is 0.0469. The van der Waals surface area contributed by atoms with Crippen LogP contribution in [0.2, 0.25) is 0 Å². The smallest absolute Gasteiger partial charge is 0.330 e. The summed E-state index contributed by atoms with van der Waals surface area (Å²) >= 11 is 0. The lowest BCUT2D eigenvalue weighted by Crippen LogP contribution is -2.41. The van der Waals surface area contributed by atoms with Crippen LogP contribution in [-0.2, 0) is 20.1 Å². The van der Waals surface area contributed by atoms with Gasteiger partial charge in [0.05, 0.1) is 18.2 Å². The van der Waals surface area contributed by atoms with Gasteiger partial charge in [-0.25, -0.2) is 9.48 Å². The summed E-state index contributed by atoms with van der Waals surface area (Å²) in [7, 11) is 1.44. The molecule has 34 heavy (non-hydrogen) atoms. The summed E-state index contributed by atoms with van der Waals surface area (Å²) in [5.74, 6) is -0.440. The van der Waals surface area contributed by atoms with Crippen LogP contribution in [0.25, 0.3) is 10.8 Å². The summed E-state index contributed by atoms with van der Waals surface area (Å²) in [4.78, 5) is 55.1. The second kappa shape index (κ2) is 9.22. The first-order valence-corrected chi connectivity index (χ1v) is 10.8. The van der Waals surface area contributed by atoms with E-state index < -0.39 is 17.2 Å². The van der Waals surface area contributed by atoms with Crippen molar-refractivity contribution in [2.24, 2.45) is 7.05 Å². The monoisotopic (exact) mass is 464 g/mol. The average molecular weight is 464 g/mol. The standard InChI is InChI=1S/C23H24N6O5/c1-3-4-11-28-19(24)18(20(30)25-23(28)33)29(13-14-8-7-12-34-14)22(32)17-15-9-5-6-10-16(15)21(31)27(2)26-17/h5-10,12H,3-4,11,13,24H2,1-2H3,(H,25,30,33). The number of H-pyrrole nitrogens is 1. The van der Waals surface area contributed by atoms with Crippen molar-refractivity contribution in [1.82, 2.24) is 19.3 Å². The highest BCUT2D eigenvalue weighted by Gasteiger charge is 2.29. The van der Waals surface area contributed by atoms with Crippen molar-refractivity contribution in [2.45, 2.75) is 32.9 Å². The highest BCUT2D eigenvalue weighted by molar-refractivity contribution is 6.12. The number of rotatable bonds is 7. The number of aromatic nitrogens is 4. The number of hydrogen-bond donors (Lipinski definition) is 2. The molecule has 0 aliphatic rings. The van der Waals surface area contributed by atoms with Gasteiger partial charge < -0.3 is 10.2 Å². The van der Waals surface area contributed by atoms with Crippen molar-refractivity contribution in [2.75, 3.05) is 10.6 Å². The third-order valence-electron chi connectivity index (χ3n) is 5.52. The molecule has 4 aromatic rings. The molecule has 0 radical (unpaired) electrons. The molecule has 3 aromatic heterocycles. The lowest BCUT2D eigenvalue weighted by molar-refractivity contribution is 0.0977. The van der Waals surface area contributed by atoms with Crippen LogP contribution >= 0.6 is 0 Å². The van der Waals surface area contributed by atoms with Crippen molar-refractivity contribution >= 4 is 28.2 Å². The number of nitrogens with zero attached hydrogens (tertiary/aromatic N) is 4. The molecule has 11 heteroatoms. The molecule has 0 unspecified atom stereocenters. The predicted octanol–water partition coefficient (Wildman–Crippen LogP) is 1.61. The second-order valence-corrected chi connectivity index (χ2v) is 7.79. The Morgan fingerprint density at radius 2 is 1.88 bits per heavy atom. The van der Waals surface area contributed by atoms with E-state index in [9.17, 15) is 19.2 Å².